The van der Waals surface area contributed by atoms with Crippen molar-refractivity contribution >= 4 is 55.6 Å². The molecule has 13 heteroatoms. The third-order valence-electron chi connectivity index (χ3n) is 6.77. The summed E-state index contributed by atoms with van der Waals surface area (Å²) >= 11 is 0. The van der Waals surface area contributed by atoms with Gasteiger partial charge in [0, 0.05) is 12.0 Å². The summed E-state index contributed by atoms with van der Waals surface area (Å²) in [5, 5.41) is 14.1. The number of Topliss-reactive ketones (excluding diaryl/α,β-unsaturated/α-hetero) is 1. The molecule has 0 bridgehead atoms. The lowest BCUT2D eigenvalue weighted by atomic mass is 9.66. The Kier molecular flexibility index (Phi) is 7.56. The van der Waals surface area contributed by atoms with Gasteiger partial charge >= 0.3 is 10.2 Å². The van der Waals surface area contributed by atoms with E-state index in [2.05, 4.69) is 28.3 Å². The van der Waals surface area contributed by atoms with E-state index >= 15 is 0 Å². The van der Waals surface area contributed by atoms with Crippen molar-refractivity contribution in [2.75, 3.05) is 10.0 Å². The fourth-order valence-corrected chi connectivity index (χ4v) is 6.73. The maximum Gasteiger partial charge on any atom is 0.323 e. The molecule has 210 valence electrons. The van der Waals surface area contributed by atoms with Gasteiger partial charge in [-0.1, -0.05) is 55.8 Å². The van der Waals surface area contributed by atoms with Gasteiger partial charge in [0.05, 0.1) is 16.8 Å². The number of amidine groups is 1. The number of carbonyl (C=O) groups is 2. The first kappa shape index (κ1) is 28.6. The van der Waals surface area contributed by atoms with Gasteiger partial charge in [-0.2, -0.15) is 8.42 Å². The van der Waals surface area contributed by atoms with Gasteiger partial charge in [-0.05, 0) is 49.4 Å². The molecule has 39 heavy (non-hydrogen) atoms. The maximum absolute atomic E-state index is 14.0. The zero-order chi connectivity index (χ0) is 28.8. The molecule has 11 nitrogen and oxygen atoms in total. The number of hydrogen-bond donors (Lipinski definition) is 6. The zero-order valence-electron chi connectivity index (χ0n) is 22.0. The molecule has 0 spiro atoms. The summed E-state index contributed by atoms with van der Waals surface area (Å²) in [7, 11) is -8.18. The minimum absolute atomic E-state index is 0.0448. The summed E-state index contributed by atoms with van der Waals surface area (Å²) < 4.78 is 54.4. The highest BCUT2D eigenvalue weighted by molar-refractivity contribution is 8.23. The van der Waals surface area contributed by atoms with Crippen molar-refractivity contribution in [1.82, 2.24) is 4.72 Å². The molecule has 0 aromatic heterocycles. The van der Waals surface area contributed by atoms with Crippen molar-refractivity contribution in [1.29, 1.82) is 0 Å². The molecule has 0 fully saturated rings. The van der Waals surface area contributed by atoms with Crippen LogP contribution < -0.4 is 14.8 Å². The van der Waals surface area contributed by atoms with Gasteiger partial charge in [-0.15, -0.1) is 4.40 Å². The smallest absolute Gasteiger partial charge is 0.323 e. The Balaban J connectivity index is 1.74. The van der Waals surface area contributed by atoms with Crippen molar-refractivity contribution in [3.8, 4) is 0 Å². The Morgan fingerprint density at radius 3 is 2.54 bits per heavy atom. The largest absolute Gasteiger partial charge is 0.506 e. The third kappa shape index (κ3) is 5.53. The lowest BCUT2D eigenvalue weighted by Crippen LogP contribution is -2.42. The number of nitrogens with zero attached hydrogens (tertiary/aromatic N) is 1. The number of aliphatic hydroxyl groups excluding tert-OH is 1. The molecular weight excluding hydrogens is 544 g/mol. The summed E-state index contributed by atoms with van der Waals surface area (Å²) in [5.41, 5.74) is 0.128. The van der Waals surface area contributed by atoms with Gasteiger partial charge < -0.3 is 10.4 Å². The number of hydrogen-bond acceptors (Lipinski definition) is 9. The third-order valence-corrected chi connectivity index (χ3v) is 9.14. The molecule has 0 radical (unpaired) electrons. The first-order valence-corrected chi connectivity index (χ1v) is 15.4. The summed E-state index contributed by atoms with van der Waals surface area (Å²) in [6, 6.07) is 11.0. The van der Waals surface area contributed by atoms with Crippen LogP contribution in [-0.4, -0.2) is 40.2 Å². The number of rotatable bonds is 8. The SMILES string of the molecule is CCC(=O)NS(=O)(=O)Nc1ccc2c(c1)S(O)(O)N=C(C1=C(O)c3ccccc3C(C)(CCC(C)C)C1=O)N2. The number of aliphatic hydroxyl groups is 1. The van der Waals surface area contributed by atoms with E-state index in [4.69, 9.17) is 0 Å². The van der Waals surface area contributed by atoms with E-state index < -0.39 is 38.1 Å². The summed E-state index contributed by atoms with van der Waals surface area (Å²) in [6.45, 7) is 7.42. The van der Waals surface area contributed by atoms with Crippen LogP contribution in [0.2, 0.25) is 0 Å². The Labute approximate surface area is 229 Å². The highest BCUT2D eigenvalue weighted by Gasteiger charge is 2.46. The lowest BCUT2D eigenvalue weighted by molar-refractivity contribution is -0.120. The van der Waals surface area contributed by atoms with Crippen LogP contribution >= 0.6 is 10.8 Å². The quantitative estimate of drug-likeness (QED) is 0.255. The number of nitrogens with one attached hydrogen (secondary N) is 3. The van der Waals surface area contributed by atoms with Crippen LogP contribution in [0.1, 0.15) is 58.1 Å². The monoisotopic (exact) mass is 576 g/mol. The van der Waals surface area contributed by atoms with Crippen molar-refractivity contribution in [2.24, 2.45) is 10.3 Å². The maximum atomic E-state index is 14.0. The van der Waals surface area contributed by atoms with E-state index in [1.165, 1.54) is 25.1 Å². The fourth-order valence-electron chi connectivity index (χ4n) is 4.61. The molecule has 4 rings (SSSR count). The summed E-state index contributed by atoms with van der Waals surface area (Å²) in [6.07, 6.45) is 1.21. The van der Waals surface area contributed by atoms with E-state index in [0.717, 1.165) is 6.42 Å². The predicted molar refractivity (Wildman–Crippen MR) is 152 cm³/mol. The van der Waals surface area contributed by atoms with E-state index in [0.29, 0.717) is 23.5 Å². The number of benzene rings is 2. The summed E-state index contributed by atoms with van der Waals surface area (Å²) in [4.78, 5) is 25.4. The predicted octanol–water partition coefficient (Wildman–Crippen LogP) is 4.96. The molecule has 1 atom stereocenters. The standard InChI is InChI=1S/C26H32N4O7S2/c1-5-21(31)29-39(36,37)28-16-10-11-19-20(14-16)38(34,35)30-25(27-19)22-23(32)17-8-6-7-9-18(17)26(4,24(22)33)13-12-15(2)3/h6-11,14-15,28,32,34-35H,5,12-13H2,1-4H3,(H,27,30)(H,29,31). The Morgan fingerprint density at radius 1 is 1.18 bits per heavy atom. The van der Waals surface area contributed by atoms with Crippen LogP contribution in [0.4, 0.5) is 11.4 Å². The highest BCUT2D eigenvalue weighted by Crippen LogP contribution is 2.57. The minimum atomic E-state index is -4.25. The number of ketones is 1. The molecule has 2 aromatic rings. The van der Waals surface area contributed by atoms with Gasteiger partial charge in [0.15, 0.2) is 11.6 Å². The Bertz CT molecular complexity index is 1520. The highest BCUT2D eigenvalue weighted by atomic mass is 32.3. The number of fused-ring (bicyclic) bond motifs is 2. The minimum Gasteiger partial charge on any atom is -0.506 e. The number of carbonyl (C=O) groups excluding carboxylic acids is 2. The van der Waals surface area contributed by atoms with Crippen LogP contribution in [0.3, 0.4) is 0 Å². The molecule has 6 N–H and O–H groups in total. The topological polar surface area (TPSA) is 177 Å². The molecular formula is C26H32N4O7S2. The van der Waals surface area contributed by atoms with Crippen molar-refractivity contribution < 1.29 is 32.2 Å². The summed E-state index contributed by atoms with van der Waals surface area (Å²) in [5.74, 6) is -1.30. The van der Waals surface area contributed by atoms with Gasteiger partial charge in [-0.25, -0.2) is 4.72 Å². The van der Waals surface area contributed by atoms with Crippen molar-refractivity contribution in [3.63, 3.8) is 0 Å². The van der Waals surface area contributed by atoms with E-state index in [1.54, 1.807) is 18.2 Å². The second-order valence-electron chi connectivity index (χ2n) is 10.1. The van der Waals surface area contributed by atoms with Crippen molar-refractivity contribution in [2.45, 2.75) is 57.3 Å². The van der Waals surface area contributed by atoms with Crippen LogP contribution in [-0.2, 0) is 25.2 Å². The molecule has 0 saturated heterocycles. The first-order chi connectivity index (χ1) is 18.2. The molecule has 1 heterocycles. The zero-order valence-corrected chi connectivity index (χ0v) is 23.6. The van der Waals surface area contributed by atoms with E-state index in [9.17, 15) is 32.2 Å². The second kappa shape index (κ2) is 10.3. The van der Waals surface area contributed by atoms with E-state index in [-0.39, 0.29) is 39.9 Å². The molecule has 1 unspecified atom stereocenters. The van der Waals surface area contributed by atoms with Gasteiger partial charge in [-0.3, -0.25) is 23.4 Å². The molecule has 1 amide bonds. The molecule has 0 saturated carbocycles. The van der Waals surface area contributed by atoms with Crippen LogP contribution in [0.5, 0.6) is 0 Å². The first-order valence-electron chi connectivity index (χ1n) is 12.4. The van der Waals surface area contributed by atoms with Gasteiger partial charge in [0.25, 0.3) is 0 Å². The molecule has 2 aliphatic rings. The Hall–Kier alpha value is -3.39. The van der Waals surface area contributed by atoms with Crippen LogP contribution in [0.25, 0.3) is 5.76 Å². The van der Waals surface area contributed by atoms with E-state index in [1.807, 2.05) is 17.7 Å². The Morgan fingerprint density at radius 2 is 1.87 bits per heavy atom. The number of amides is 1. The molecule has 1 aliphatic heterocycles. The fraction of sp³-hybridized carbons (Fsp3) is 0.346. The van der Waals surface area contributed by atoms with Crippen LogP contribution in [0, 0.1) is 5.92 Å². The van der Waals surface area contributed by atoms with Crippen LogP contribution in [0.15, 0.2) is 57.3 Å². The van der Waals surface area contributed by atoms with Crippen molar-refractivity contribution in [3.05, 3.63) is 59.2 Å². The normalized spacial score (nSPS) is 20.9. The molecule has 2 aromatic carbocycles. The number of anilines is 2. The average molecular weight is 577 g/mol. The van der Waals surface area contributed by atoms with Gasteiger partial charge in [0.2, 0.25) is 5.91 Å². The second-order valence-corrected chi connectivity index (χ2v) is 13.2. The van der Waals surface area contributed by atoms with Gasteiger partial charge in [0.1, 0.15) is 16.2 Å². The average Bonchev–Trinajstić information content (AvgIpc) is 2.86. The lowest BCUT2D eigenvalue weighted by Gasteiger charge is -2.39. The molecule has 1 aliphatic carbocycles.